The van der Waals surface area contributed by atoms with Crippen LogP contribution >= 0.6 is 0 Å². The molecule has 4 saturated carbocycles. The molecule has 0 aromatic heterocycles. The van der Waals surface area contributed by atoms with Crippen LogP contribution in [0.5, 0.6) is 0 Å². The summed E-state index contributed by atoms with van der Waals surface area (Å²) in [6, 6.07) is 0. The molecule has 3 unspecified atom stereocenters. The summed E-state index contributed by atoms with van der Waals surface area (Å²) >= 11 is 0. The summed E-state index contributed by atoms with van der Waals surface area (Å²) in [6.07, 6.45) is -16.7. The highest BCUT2D eigenvalue weighted by atomic mass is 32.2. The lowest BCUT2D eigenvalue weighted by Crippen LogP contribution is -2.77. The number of carbonyl (C=O) groups is 1. The number of carbonyl (C=O) groups excluding carboxylic acids is 1. The van der Waals surface area contributed by atoms with Gasteiger partial charge in [-0.25, -0.2) is 4.79 Å². The molecule has 4 rings (SSSR count). The summed E-state index contributed by atoms with van der Waals surface area (Å²) < 4.78 is 191. The van der Waals surface area contributed by atoms with Gasteiger partial charge in [0.25, 0.3) is 10.1 Å². The van der Waals surface area contributed by atoms with Crippen molar-refractivity contribution in [2.45, 2.75) is 84.6 Å². The van der Waals surface area contributed by atoms with Crippen LogP contribution in [0.15, 0.2) is 0 Å². The number of rotatable bonds is 7. The first-order chi connectivity index (χ1) is 16.5. The molecule has 4 aliphatic carbocycles. The minimum Gasteiger partial charge on any atom is -0.463 e. The Morgan fingerprint density at radius 2 is 1.18 bits per heavy atom. The highest BCUT2D eigenvalue weighted by Gasteiger charge is 2.95. The smallest absolute Gasteiger partial charge is 0.460 e. The zero-order chi connectivity index (χ0) is 29.8. The summed E-state index contributed by atoms with van der Waals surface area (Å²) in [5, 5.41) is 21.2. The van der Waals surface area contributed by atoms with Gasteiger partial charge < -0.3 is 14.9 Å². The van der Waals surface area contributed by atoms with Gasteiger partial charge in [-0.05, 0) is 38.0 Å². The van der Waals surface area contributed by atoms with E-state index in [-0.39, 0.29) is 25.7 Å². The second-order valence-electron chi connectivity index (χ2n) is 10.4. The van der Waals surface area contributed by atoms with E-state index in [1.807, 2.05) is 0 Å². The average molecular weight is 606 g/mol. The van der Waals surface area contributed by atoms with E-state index in [2.05, 4.69) is 4.74 Å². The minimum absolute atomic E-state index is 0.0410. The molecular formula is C18H18F12O7S. The molecule has 20 heteroatoms. The molecule has 0 heterocycles. The number of esters is 1. The topological polar surface area (TPSA) is 121 Å². The van der Waals surface area contributed by atoms with Crippen LogP contribution in [0.1, 0.15) is 38.5 Å². The Balaban J connectivity index is 2.12. The van der Waals surface area contributed by atoms with Crippen molar-refractivity contribution < 1.29 is 85.4 Å². The van der Waals surface area contributed by atoms with Crippen LogP contribution < -0.4 is 0 Å². The number of halogens is 12. The van der Waals surface area contributed by atoms with Gasteiger partial charge in [0.05, 0.1) is 17.8 Å². The molecular weight excluding hydrogens is 588 g/mol. The van der Waals surface area contributed by atoms with Crippen LogP contribution in [0.4, 0.5) is 52.7 Å². The standard InChI is InChI=1S/C18H18F12O7S/c19-14(20,15(21,22)16(23,24)18(28,29)30)13(17(25,26)27,38(34,35)36)9(31)37-7-10-1-8-2-11(32,4-10)6-12(33,3-8)5-10/h8,32-33H,1-7H2,(H,34,35,36). The molecule has 0 spiro atoms. The van der Waals surface area contributed by atoms with E-state index in [1.165, 1.54) is 0 Å². The number of aliphatic hydroxyl groups is 2. The summed E-state index contributed by atoms with van der Waals surface area (Å²) in [5.74, 6) is -29.2. The van der Waals surface area contributed by atoms with Crippen molar-refractivity contribution in [3.05, 3.63) is 0 Å². The quantitative estimate of drug-likeness (QED) is 0.230. The normalized spacial score (nSPS) is 34.2. The predicted molar refractivity (Wildman–Crippen MR) is 95.7 cm³/mol. The maximum absolute atomic E-state index is 14.6. The summed E-state index contributed by atoms with van der Waals surface area (Å²) in [6.45, 7) is -1.59. The van der Waals surface area contributed by atoms with Crippen molar-refractivity contribution in [1.82, 2.24) is 0 Å². The Morgan fingerprint density at radius 3 is 1.53 bits per heavy atom. The summed E-state index contributed by atoms with van der Waals surface area (Å²) in [4.78, 5) is 12.3. The van der Waals surface area contributed by atoms with E-state index >= 15 is 0 Å². The van der Waals surface area contributed by atoms with E-state index in [9.17, 15) is 76.1 Å². The highest BCUT2D eigenvalue weighted by molar-refractivity contribution is 7.88. The van der Waals surface area contributed by atoms with Crippen LogP contribution in [-0.2, 0) is 19.6 Å². The number of hydrogen-bond acceptors (Lipinski definition) is 6. The molecule has 4 aliphatic rings. The van der Waals surface area contributed by atoms with Crippen LogP contribution in [0.25, 0.3) is 0 Å². The van der Waals surface area contributed by atoms with Crippen molar-refractivity contribution in [3.63, 3.8) is 0 Å². The van der Waals surface area contributed by atoms with Crippen LogP contribution in [0, 0.1) is 11.3 Å². The Labute approximate surface area is 204 Å². The first-order valence-corrected chi connectivity index (χ1v) is 11.8. The number of hydrogen-bond donors (Lipinski definition) is 3. The zero-order valence-corrected chi connectivity index (χ0v) is 19.3. The molecule has 7 nitrogen and oxygen atoms in total. The molecule has 0 aromatic carbocycles. The lowest BCUT2D eigenvalue weighted by molar-refractivity contribution is -0.408. The maximum Gasteiger partial charge on any atom is 0.460 e. The monoisotopic (exact) mass is 606 g/mol. The SMILES string of the molecule is O=C(OCC12CC3CC(O)(CC(O)(C3)C1)C2)C(C(F)(F)F)(C(F)(F)C(F)(F)C(F)(F)C(F)(F)F)S(=O)(=O)O. The second-order valence-corrected chi connectivity index (χ2v) is 12.0. The van der Waals surface area contributed by atoms with Gasteiger partial charge in [-0.3, -0.25) is 4.55 Å². The average Bonchev–Trinajstić information content (AvgIpc) is 2.60. The third-order valence-electron chi connectivity index (χ3n) is 7.30. The molecule has 0 aliphatic heterocycles. The van der Waals surface area contributed by atoms with Crippen molar-refractivity contribution in [1.29, 1.82) is 0 Å². The van der Waals surface area contributed by atoms with Crippen LogP contribution in [0.2, 0.25) is 0 Å². The Hall–Kier alpha value is -1.54. The van der Waals surface area contributed by atoms with E-state index in [4.69, 9.17) is 4.55 Å². The Bertz CT molecular complexity index is 1080. The molecule has 0 radical (unpaired) electrons. The number of alkyl halides is 12. The highest BCUT2D eigenvalue weighted by Crippen LogP contribution is 2.64. The lowest BCUT2D eigenvalue weighted by Gasteiger charge is -2.63. The Kier molecular flexibility index (Phi) is 6.54. The minimum atomic E-state index is -8.30. The van der Waals surface area contributed by atoms with E-state index in [1.54, 1.807) is 0 Å². The maximum atomic E-state index is 14.6. The zero-order valence-electron chi connectivity index (χ0n) is 18.4. The van der Waals surface area contributed by atoms with Gasteiger partial charge in [-0.15, -0.1) is 0 Å². The summed E-state index contributed by atoms with van der Waals surface area (Å²) in [7, 11) is -8.06. The van der Waals surface area contributed by atoms with Gasteiger partial charge in [0.15, 0.2) is 0 Å². The van der Waals surface area contributed by atoms with Crippen molar-refractivity contribution in [3.8, 4) is 0 Å². The van der Waals surface area contributed by atoms with Gasteiger partial charge in [-0.1, -0.05) is 0 Å². The van der Waals surface area contributed by atoms with Crippen LogP contribution in [-0.4, -0.2) is 81.8 Å². The van der Waals surface area contributed by atoms with E-state index in [0.29, 0.717) is 0 Å². The van der Waals surface area contributed by atoms with Crippen molar-refractivity contribution >= 4 is 16.1 Å². The third-order valence-corrected chi connectivity index (χ3v) is 8.72. The van der Waals surface area contributed by atoms with Gasteiger partial charge >= 0.3 is 40.8 Å². The molecule has 4 bridgehead atoms. The lowest BCUT2D eigenvalue weighted by atomic mass is 9.46. The summed E-state index contributed by atoms with van der Waals surface area (Å²) in [5.41, 5.74) is -5.17. The molecule has 0 aromatic rings. The second kappa shape index (κ2) is 8.02. The molecule has 3 N–H and O–H groups in total. The first kappa shape index (κ1) is 31.0. The predicted octanol–water partition coefficient (Wildman–Crippen LogP) is 3.63. The van der Waals surface area contributed by atoms with E-state index in [0.717, 1.165) is 0 Å². The Morgan fingerprint density at radius 1 is 0.737 bits per heavy atom. The van der Waals surface area contributed by atoms with Crippen LogP contribution in [0.3, 0.4) is 0 Å². The van der Waals surface area contributed by atoms with Gasteiger partial charge in [0.2, 0.25) is 0 Å². The largest absolute Gasteiger partial charge is 0.463 e. The van der Waals surface area contributed by atoms with Crippen molar-refractivity contribution in [2.24, 2.45) is 11.3 Å². The molecule has 3 atom stereocenters. The fraction of sp³-hybridized carbons (Fsp3) is 0.944. The molecule has 222 valence electrons. The van der Waals surface area contributed by atoms with Crippen molar-refractivity contribution in [2.75, 3.05) is 6.61 Å². The molecule has 38 heavy (non-hydrogen) atoms. The molecule has 0 saturated heterocycles. The van der Waals surface area contributed by atoms with Gasteiger partial charge in [-0.2, -0.15) is 61.1 Å². The van der Waals surface area contributed by atoms with Gasteiger partial charge in [0.1, 0.15) is 0 Å². The first-order valence-electron chi connectivity index (χ1n) is 10.4. The van der Waals surface area contributed by atoms with Gasteiger partial charge in [0, 0.05) is 11.8 Å². The number of ether oxygens (including phenoxy) is 1. The molecule has 4 fully saturated rings. The fourth-order valence-electron chi connectivity index (χ4n) is 6.45. The third kappa shape index (κ3) is 4.06. The fourth-order valence-corrected chi connectivity index (χ4v) is 7.46. The van der Waals surface area contributed by atoms with E-state index < -0.39 is 92.9 Å². The molecule has 0 amide bonds.